The minimum absolute atomic E-state index is 0. The van der Waals surface area contributed by atoms with Crippen LogP contribution in [0.15, 0.2) is 0 Å². The van der Waals surface area contributed by atoms with E-state index in [1.807, 2.05) is 11.9 Å². The molecule has 0 spiro atoms. The number of nitrogens with zero attached hydrogens (tertiary/aromatic N) is 2. The molecular formula is C14H29Cl2N3O. The van der Waals surface area contributed by atoms with Crippen molar-refractivity contribution in [2.45, 2.75) is 51.1 Å². The van der Waals surface area contributed by atoms with Gasteiger partial charge in [0.05, 0.1) is 0 Å². The highest BCUT2D eigenvalue weighted by atomic mass is 35.5. The maximum Gasteiger partial charge on any atom is 0.225 e. The predicted octanol–water partition coefficient (Wildman–Crippen LogP) is 1.90. The van der Waals surface area contributed by atoms with Crippen LogP contribution in [-0.4, -0.2) is 54.5 Å². The maximum absolute atomic E-state index is 12.3. The Morgan fingerprint density at radius 3 is 2.55 bits per heavy atom. The second kappa shape index (κ2) is 9.08. The van der Waals surface area contributed by atoms with E-state index in [9.17, 15) is 4.79 Å². The van der Waals surface area contributed by atoms with Gasteiger partial charge in [0.1, 0.15) is 0 Å². The van der Waals surface area contributed by atoms with E-state index in [0.717, 1.165) is 32.4 Å². The van der Waals surface area contributed by atoms with Crippen LogP contribution in [-0.2, 0) is 4.79 Å². The number of likely N-dealkylation sites (N-methyl/N-ethyl adjacent to an activating group) is 2. The first kappa shape index (κ1) is 20.0. The molecule has 1 amide bonds. The summed E-state index contributed by atoms with van der Waals surface area (Å²) in [5.41, 5.74) is 5.89. The summed E-state index contributed by atoms with van der Waals surface area (Å²) >= 11 is 0. The molecule has 2 aliphatic rings. The fourth-order valence-corrected chi connectivity index (χ4v) is 3.48. The lowest BCUT2D eigenvalue weighted by Crippen LogP contribution is -2.43. The van der Waals surface area contributed by atoms with E-state index in [-0.39, 0.29) is 36.8 Å². The molecule has 1 saturated carbocycles. The Morgan fingerprint density at radius 2 is 2.00 bits per heavy atom. The Bertz CT molecular complexity index is 304. The predicted molar refractivity (Wildman–Crippen MR) is 87.7 cm³/mol. The molecule has 1 heterocycles. The van der Waals surface area contributed by atoms with Gasteiger partial charge in [-0.25, -0.2) is 0 Å². The lowest BCUT2D eigenvalue weighted by Gasteiger charge is -2.29. The van der Waals surface area contributed by atoms with Crippen molar-refractivity contribution < 1.29 is 4.79 Å². The lowest BCUT2D eigenvalue weighted by molar-refractivity contribution is -0.134. The third kappa shape index (κ3) is 4.76. The first-order valence-electron chi connectivity index (χ1n) is 7.36. The van der Waals surface area contributed by atoms with E-state index in [1.54, 1.807) is 0 Å². The zero-order valence-electron chi connectivity index (χ0n) is 12.6. The summed E-state index contributed by atoms with van der Waals surface area (Å²) in [6.07, 6.45) is 5.37. The molecule has 1 aliphatic carbocycles. The second-order valence-corrected chi connectivity index (χ2v) is 5.91. The molecule has 2 rings (SSSR count). The molecule has 0 aromatic heterocycles. The Labute approximate surface area is 135 Å². The van der Waals surface area contributed by atoms with Gasteiger partial charge in [0.2, 0.25) is 5.91 Å². The van der Waals surface area contributed by atoms with Crippen molar-refractivity contribution in [1.82, 2.24) is 9.80 Å². The normalized spacial score (nSPS) is 29.6. The molecule has 1 aliphatic heterocycles. The van der Waals surface area contributed by atoms with Crippen molar-refractivity contribution >= 4 is 30.7 Å². The van der Waals surface area contributed by atoms with Crippen molar-refractivity contribution in [2.24, 2.45) is 11.7 Å². The molecule has 2 N–H and O–H groups in total. The summed E-state index contributed by atoms with van der Waals surface area (Å²) in [6, 6.07) is 0.810. The van der Waals surface area contributed by atoms with Crippen LogP contribution in [0.1, 0.15) is 39.0 Å². The molecular weight excluding hydrogens is 297 g/mol. The summed E-state index contributed by atoms with van der Waals surface area (Å²) in [7, 11) is 1.96. The number of carbonyl (C=O) groups is 1. The monoisotopic (exact) mass is 325 g/mol. The van der Waals surface area contributed by atoms with Gasteiger partial charge in [-0.2, -0.15) is 0 Å². The van der Waals surface area contributed by atoms with E-state index < -0.39 is 0 Å². The number of amides is 1. The molecule has 6 heteroatoms. The van der Waals surface area contributed by atoms with Crippen LogP contribution in [0.5, 0.6) is 0 Å². The first-order chi connectivity index (χ1) is 8.61. The van der Waals surface area contributed by atoms with Gasteiger partial charge in [0, 0.05) is 31.6 Å². The van der Waals surface area contributed by atoms with Crippen LogP contribution in [0, 0.1) is 5.92 Å². The van der Waals surface area contributed by atoms with Crippen LogP contribution >= 0.6 is 24.8 Å². The Balaban J connectivity index is 0.00000180. The van der Waals surface area contributed by atoms with Crippen LogP contribution in [0.2, 0.25) is 0 Å². The molecule has 120 valence electrons. The number of carbonyl (C=O) groups excluding carboxylic acids is 1. The molecule has 1 saturated heterocycles. The summed E-state index contributed by atoms with van der Waals surface area (Å²) in [6.45, 7) is 5.38. The zero-order chi connectivity index (χ0) is 13.1. The molecule has 0 aromatic rings. The highest BCUT2D eigenvalue weighted by molar-refractivity contribution is 5.85. The van der Waals surface area contributed by atoms with Crippen LogP contribution in [0.3, 0.4) is 0 Å². The standard InChI is InChI=1S/C14H27N3O.2ClH/c1-3-17-8-4-5-13(17)10-16(2)14(18)11-6-7-12(15)9-11;;/h11-13H,3-10,15H2,1-2H3;2*1H. The van der Waals surface area contributed by atoms with E-state index in [1.165, 1.54) is 19.4 Å². The van der Waals surface area contributed by atoms with Crippen LogP contribution in [0.25, 0.3) is 0 Å². The van der Waals surface area contributed by atoms with Crippen molar-refractivity contribution in [3.05, 3.63) is 0 Å². The van der Waals surface area contributed by atoms with Gasteiger partial charge < -0.3 is 10.6 Å². The fraction of sp³-hybridized carbons (Fsp3) is 0.929. The van der Waals surface area contributed by atoms with Gasteiger partial charge in [0.25, 0.3) is 0 Å². The number of hydrogen-bond donors (Lipinski definition) is 1. The quantitative estimate of drug-likeness (QED) is 0.858. The van der Waals surface area contributed by atoms with Gasteiger partial charge in [-0.1, -0.05) is 6.92 Å². The summed E-state index contributed by atoms with van der Waals surface area (Å²) < 4.78 is 0. The summed E-state index contributed by atoms with van der Waals surface area (Å²) in [5.74, 6) is 0.493. The molecule has 3 unspecified atom stereocenters. The highest BCUT2D eigenvalue weighted by Gasteiger charge is 2.32. The lowest BCUT2D eigenvalue weighted by atomic mass is 10.1. The van der Waals surface area contributed by atoms with Crippen LogP contribution < -0.4 is 5.73 Å². The SMILES string of the molecule is CCN1CCCC1CN(C)C(=O)C1CCC(N)C1.Cl.Cl. The molecule has 0 aromatic carbocycles. The Kier molecular flexibility index (Phi) is 9.07. The first-order valence-corrected chi connectivity index (χ1v) is 7.36. The maximum atomic E-state index is 12.3. The molecule has 20 heavy (non-hydrogen) atoms. The smallest absolute Gasteiger partial charge is 0.225 e. The molecule has 3 atom stereocenters. The highest BCUT2D eigenvalue weighted by Crippen LogP contribution is 2.26. The average Bonchev–Trinajstić information content (AvgIpc) is 2.96. The fourth-order valence-electron chi connectivity index (χ4n) is 3.48. The third-order valence-corrected chi connectivity index (χ3v) is 4.59. The molecule has 2 fully saturated rings. The minimum atomic E-state index is 0. The zero-order valence-corrected chi connectivity index (χ0v) is 14.2. The van der Waals surface area contributed by atoms with Gasteiger partial charge in [-0.05, 0) is 45.2 Å². The van der Waals surface area contributed by atoms with Gasteiger partial charge >= 0.3 is 0 Å². The molecule has 0 radical (unpaired) electrons. The average molecular weight is 326 g/mol. The van der Waals surface area contributed by atoms with E-state index in [4.69, 9.17) is 5.73 Å². The third-order valence-electron chi connectivity index (χ3n) is 4.59. The minimum Gasteiger partial charge on any atom is -0.344 e. The number of halogens is 2. The number of hydrogen-bond acceptors (Lipinski definition) is 3. The van der Waals surface area contributed by atoms with Crippen molar-refractivity contribution in [3.8, 4) is 0 Å². The summed E-state index contributed by atoms with van der Waals surface area (Å²) in [5, 5.41) is 0. The number of likely N-dealkylation sites (tertiary alicyclic amines) is 1. The summed E-state index contributed by atoms with van der Waals surface area (Å²) in [4.78, 5) is 16.8. The topological polar surface area (TPSA) is 49.6 Å². The largest absolute Gasteiger partial charge is 0.344 e. The van der Waals surface area contributed by atoms with Gasteiger partial charge in [0.15, 0.2) is 0 Å². The number of nitrogens with two attached hydrogens (primary N) is 1. The molecule has 0 bridgehead atoms. The van der Waals surface area contributed by atoms with Gasteiger partial charge in [-0.15, -0.1) is 24.8 Å². The Morgan fingerprint density at radius 1 is 1.30 bits per heavy atom. The van der Waals surface area contributed by atoms with E-state index in [0.29, 0.717) is 11.9 Å². The van der Waals surface area contributed by atoms with Crippen molar-refractivity contribution in [2.75, 3.05) is 26.7 Å². The Hall–Kier alpha value is -0.0300. The van der Waals surface area contributed by atoms with Crippen molar-refractivity contribution in [1.29, 1.82) is 0 Å². The van der Waals surface area contributed by atoms with E-state index >= 15 is 0 Å². The van der Waals surface area contributed by atoms with Gasteiger partial charge in [-0.3, -0.25) is 9.69 Å². The molecule has 4 nitrogen and oxygen atoms in total. The van der Waals surface area contributed by atoms with Crippen molar-refractivity contribution in [3.63, 3.8) is 0 Å². The number of rotatable bonds is 4. The van der Waals surface area contributed by atoms with Crippen LogP contribution in [0.4, 0.5) is 0 Å². The second-order valence-electron chi connectivity index (χ2n) is 5.91. The van der Waals surface area contributed by atoms with E-state index in [2.05, 4.69) is 11.8 Å².